The zero-order valence-electron chi connectivity index (χ0n) is 29.1. The third-order valence-corrected chi connectivity index (χ3v) is 11.8. The van der Waals surface area contributed by atoms with Crippen molar-refractivity contribution in [1.29, 1.82) is 0 Å². The van der Waals surface area contributed by atoms with Gasteiger partial charge in [-0.2, -0.15) is 5.10 Å². The van der Waals surface area contributed by atoms with Crippen molar-refractivity contribution in [2.75, 3.05) is 18.5 Å². The van der Waals surface area contributed by atoms with Gasteiger partial charge in [0.15, 0.2) is 0 Å². The van der Waals surface area contributed by atoms with Crippen molar-refractivity contribution in [1.82, 2.24) is 19.7 Å². The van der Waals surface area contributed by atoms with Gasteiger partial charge in [0.1, 0.15) is 29.7 Å². The fourth-order valence-corrected chi connectivity index (χ4v) is 9.12. The first-order valence-corrected chi connectivity index (χ1v) is 18.6. The first kappa shape index (κ1) is 34.3. The first-order chi connectivity index (χ1) is 24.2. The highest BCUT2D eigenvalue weighted by atomic mass is 35.5. The maximum Gasteiger partial charge on any atom is 0.329 e. The second kappa shape index (κ2) is 14.6. The number of nitrogens with one attached hydrogen (secondary N) is 1. The van der Waals surface area contributed by atoms with E-state index in [-0.39, 0.29) is 5.41 Å². The molecule has 7 rings (SSSR count). The van der Waals surface area contributed by atoms with Crippen LogP contribution in [0.2, 0.25) is 5.02 Å². The van der Waals surface area contributed by atoms with Crippen molar-refractivity contribution >= 4 is 23.3 Å². The van der Waals surface area contributed by atoms with Crippen molar-refractivity contribution in [3.8, 4) is 11.5 Å². The molecule has 3 atom stereocenters. The van der Waals surface area contributed by atoms with Gasteiger partial charge in [-0.05, 0) is 128 Å². The van der Waals surface area contributed by atoms with E-state index in [2.05, 4.69) is 52.4 Å². The number of aliphatic carboxylic acids is 1. The van der Waals surface area contributed by atoms with Crippen LogP contribution in [0, 0.1) is 11.8 Å². The van der Waals surface area contributed by atoms with Crippen LogP contribution in [0.15, 0.2) is 67.4 Å². The summed E-state index contributed by atoms with van der Waals surface area (Å²) < 4.78 is 14.7. The van der Waals surface area contributed by atoms with Crippen LogP contribution in [0.4, 0.5) is 5.69 Å². The molecule has 1 unspecified atom stereocenters. The number of benzene rings is 2. The second-order valence-corrected chi connectivity index (χ2v) is 15.3. The quantitative estimate of drug-likeness (QED) is 0.134. The minimum Gasteiger partial charge on any atom is -0.494 e. The average molecular weight is 698 g/mol. The number of pyridine rings is 1. The summed E-state index contributed by atoms with van der Waals surface area (Å²) in [4.78, 5) is 21.6. The molecule has 1 fully saturated rings. The molecule has 0 radical (unpaired) electrons. The maximum atomic E-state index is 13.0. The minimum atomic E-state index is -1.06. The van der Waals surface area contributed by atoms with Crippen LogP contribution < -0.4 is 14.8 Å². The molecule has 0 saturated heterocycles. The van der Waals surface area contributed by atoms with Gasteiger partial charge in [0.2, 0.25) is 0 Å². The number of fused-ring (bicyclic) bond motifs is 3. The summed E-state index contributed by atoms with van der Waals surface area (Å²) in [5, 5.41) is 18.8. The predicted octanol–water partition coefficient (Wildman–Crippen LogP) is 8.26. The largest absolute Gasteiger partial charge is 0.494 e. The number of aryl methyl sites for hydroxylation is 2. The summed E-state index contributed by atoms with van der Waals surface area (Å²) >= 11 is 6.28. The fraction of sp³-hybridized carbons (Fsp3) is 0.500. The molecule has 2 aromatic heterocycles. The van der Waals surface area contributed by atoms with Crippen LogP contribution in [-0.4, -0.2) is 49.6 Å². The van der Waals surface area contributed by atoms with Crippen molar-refractivity contribution < 1.29 is 19.4 Å². The smallest absolute Gasteiger partial charge is 0.329 e. The van der Waals surface area contributed by atoms with Gasteiger partial charge in [0.05, 0.1) is 13.2 Å². The van der Waals surface area contributed by atoms with Gasteiger partial charge < -0.3 is 19.9 Å². The lowest BCUT2D eigenvalue weighted by atomic mass is 9.59. The molecule has 50 heavy (non-hydrogen) atoms. The van der Waals surface area contributed by atoms with Gasteiger partial charge in [-0.1, -0.05) is 37.6 Å². The molecule has 10 heteroatoms. The minimum absolute atomic E-state index is 0.150. The highest BCUT2D eigenvalue weighted by Gasteiger charge is 2.54. The molecule has 1 saturated carbocycles. The number of rotatable bonds is 13. The zero-order chi connectivity index (χ0) is 34.7. The number of nitrogens with zero attached hydrogens (tertiary/aromatic N) is 4. The summed E-state index contributed by atoms with van der Waals surface area (Å²) in [7, 11) is 0. The monoisotopic (exact) mass is 697 g/mol. The van der Waals surface area contributed by atoms with Crippen LogP contribution in [0.5, 0.6) is 11.5 Å². The van der Waals surface area contributed by atoms with Gasteiger partial charge in [-0.3, -0.25) is 9.67 Å². The molecule has 0 aliphatic heterocycles. The molecule has 264 valence electrons. The molecule has 9 nitrogen and oxygen atoms in total. The van der Waals surface area contributed by atoms with Crippen molar-refractivity contribution in [3.63, 3.8) is 0 Å². The number of aromatic nitrogens is 4. The van der Waals surface area contributed by atoms with E-state index in [0.29, 0.717) is 48.8 Å². The Labute approximate surface area is 299 Å². The SMILES string of the molecule is C[C@@H](COc1ccnc2c1[C@H](C)CCC2)CC1Cc2ccc(OCCCn3cncn3)cc2C12CCC(Nc1cccc(Cl)c1)(C(=O)O)CC2. The lowest BCUT2D eigenvalue weighted by Gasteiger charge is -2.47. The normalized spacial score (nSPS) is 24.7. The van der Waals surface area contributed by atoms with Crippen LogP contribution in [0.1, 0.15) is 93.5 Å². The topological polar surface area (TPSA) is 111 Å². The number of carboxylic acids is 1. The zero-order valence-corrected chi connectivity index (χ0v) is 29.9. The molecule has 4 aromatic rings. The van der Waals surface area contributed by atoms with Crippen LogP contribution in [0.3, 0.4) is 0 Å². The summed E-state index contributed by atoms with van der Waals surface area (Å²) in [6, 6.07) is 16.0. The molecule has 0 amide bonds. The fourth-order valence-electron chi connectivity index (χ4n) is 8.93. The van der Waals surface area contributed by atoms with Gasteiger partial charge in [-0.25, -0.2) is 9.78 Å². The number of carbonyl (C=O) groups is 1. The number of anilines is 1. The molecule has 2 aromatic carbocycles. The molecule has 0 bridgehead atoms. The van der Waals surface area contributed by atoms with Crippen LogP contribution >= 0.6 is 11.6 Å². The second-order valence-electron chi connectivity index (χ2n) is 14.9. The standard InChI is InChI=1S/C40H48ClN5O4/c1-27(24-50-36-12-17-43-35-9-3-6-28(2)37(35)36)20-30-21-29-10-11-33(49-19-5-18-46-26-42-25-44-46)23-34(29)39(30)13-15-40(16-14-39,38(47)48)45-32-8-4-7-31(41)22-32/h4,7-8,10-12,17,22-23,25-28,30,45H,3,5-6,9,13-16,18-21,24H2,1-2H3,(H,47,48)/t27-,28-,30?,39?,40?/m1/s1. The van der Waals surface area contributed by atoms with E-state index in [1.54, 1.807) is 24.8 Å². The number of ether oxygens (including phenoxy) is 2. The predicted molar refractivity (Wildman–Crippen MR) is 194 cm³/mol. The Kier molecular flexibility index (Phi) is 10.0. The summed E-state index contributed by atoms with van der Waals surface area (Å²) in [6.07, 6.45) is 13.9. The van der Waals surface area contributed by atoms with Crippen LogP contribution in [0.25, 0.3) is 0 Å². The Bertz CT molecular complexity index is 1790. The third-order valence-electron chi connectivity index (χ3n) is 11.5. The lowest BCUT2D eigenvalue weighted by Crippen LogP contribution is -2.53. The maximum absolute atomic E-state index is 13.0. The van der Waals surface area contributed by atoms with E-state index in [9.17, 15) is 9.90 Å². The molecule has 2 heterocycles. The van der Waals surface area contributed by atoms with Crippen molar-refractivity contribution in [2.24, 2.45) is 11.8 Å². The average Bonchev–Trinajstić information content (AvgIpc) is 3.73. The molecule has 3 aliphatic rings. The van der Waals surface area contributed by atoms with Gasteiger partial charge in [0.25, 0.3) is 0 Å². The Morgan fingerprint density at radius 3 is 2.78 bits per heavy atom. The number of halogens is 1. The van der Waals surface area contributed by atoms with Crippen molar-refractivity contribution in [3.05, 3.63) is 94.8 Å². The van der Waals surface area contributed by atoms with Gasteiger partial charge in [-0.15, -0.1) is 0 Å². The molecular formula is C40H48ClN5O4. The van der Waals surface area contributed by atoms with E-state index in [1.807, 2.05) is 29.1 Å². The molecule has 2 N–H and O–H groups in total. The third kappa shape index (κ3) is 7.07. The highest BCUT2D eigenvalue weighted by Crippen LogP contribution is 2.56. The highest BCUT2D eigenvalue weighted by molar-refractivity contribution is 6.30. The van der Waals surface area contributed by atoms with E-state index in [0.717, 1.165) is 62.3 Å². The Hall–Kier alpha value is -4.11. The Morgan fingerprint density at radius 1 is 1.14 bits per heavy atom. The molecule has 1 spiro atoms. The van der Waals surface area contributed by atoms with E-state index >= 15 is 0 Å². The molecular weight excluding hydrogens is 650 g/mol. The number of hydrogen-bond acceptors (Lipinski definition) is 7. The van der Waals surface area contributed by atoms with E-state index in [1.165, 1.54) is 35.2 Å². The van der Waals surface area contributed by atoms with Crippen LogP contribution in [-0.2, 0) is 29.6 Å². The van der Waals surface area contributed by atoms with E-state index in [4.69, 9.17) is 21.1 Å². The summed E-state index contributed by atoms with van der Waals surface area (Å²) in [6.45, 7) is 6.54. The number of hydrogen-bond donors (Lipinski definition) is 2. The van der Waals surface area contributed by atoms with Gasteiger partial charge >= 0.3 is 5.97 Å². The molecule has 3 aliphatic carbocycles. The van der Waals surface area contributed by atoms with Gasteiger partial charge in [0, 0.05) is 41.1 Å². The summed E-state index contributed by atoms with van der Waals surface area (Å²) in [5.41, 5.74) is 4.66. The summed E-state index contributed by atoms with van der Waals surface area (Å²) in [5.74, 6) is 2.17. The Morgan fingerprint density at radius 2 is 2.00 bits per heavy atom. The van der Waals surface area contributed by atoms with Crippen molar-refractivity contribution in [2.45, 2.75) is 101 Å². The first-order valence-electron chi connectivity index (χ1n) is 18.2. The van der Waals surface area contributed by atoms with E-state index < -0.39 is 11.5 Å². The lowest BCUT2D eigenvalue weighted by molar-refractivity contribution is -0.144. The number of carboxylic acid groups (broad SMARTS) is 1. The Balaban J connectivity index is 1.10.